The summed E-state index contributed by atoms with van der Waals surface area (Å²) in [5.74, 6) is -0.639. The van der Waals surface area contributed by atoms with Crippen molar-refractivity contribution in [1.29, 1.82) is 0 Å². The van der Waals surface area contributed by atoms with Gasteiger partial charge < -0.3 is 20.4 Å². The van der Waals surface area contributed by atoms with E-state index in [2.05, 4.69) is 27.3 Å². The molecule has 0 aliphatic rings. The van der Waals surface area contributed by atoms with Gasteiger partial charge in [-0.05, 0) is 64.8 Å². The van der Waals surface area contributed by atoms with E-state index in [4.69, 9.17) is 10.5 Å². The van der Waals surface area contributed by atoms with E-state index in [1.54, 1.807) is 55.8 Å². The van der Waals surface area contributed by atoms with E-state index in [0.29, 0.717) is 49.5 Å². The van der Waals surface area contributed by atoms with Gasteiger partial charge in [0.05, 0.1) is 17.6 Å². The van der Waals surface area contributed by atoms with Gasteiger partial charge >= 0.3 is 6.09 Å². The Morgan fingerprint density at radius 3 is 2.61 bits per heavy atom. The molecule has 0 fully saturated rings. The van der Waals surface area contributed by atoms with Gasteiger partial charge in [-0.25, -0.2) is 9.78 Å². The van der Waals surface area contributed by atoms with Crippen LogP contribution in [0.5, 0.6) is 0 Å². The number of nitrogens with two attached hydrogens (primary N) is 1. The summed E-state index contributed by atoms with van der Waals surface area (Å²) >= 11 is 0. The number of aromatic nitrogens is 4. The molecule has 36 heavy (non-hydrogen) atoms. The van der Waals surface area contributed by atoms with E-state index in [1.807, 2.05) is 11.5 Å². The van der Waals surface area contributed by atoms with Gasteiger partial charge in [0.2, 0.25) is 11.9 Å². The molecule has 1 aromatic carbocycles. The first-order valence-electron chi connectivity index (χ1n) is 11.7. The van der Waals surface area contributed by atoms with Gasteiger partial charge in [0, 0.05) is 24.3 Å². The smallest absolute Gasteiger partial charge is 0.407 e. The van der Waals surface area contributed by atoms with Crippen LogP contribution in [0.3, 0.4) is 0 Å². The van der Waals surface area contributed by atoms with Crippen LogP contribution in [0.1, 0.15) is 60.2 Å². The minimum absolute atomic E-state index is 0.257. The van der Waals surface area contributed by atoms with Gasteiger partial charge in [-0.15, -0.1) is 6.58 Å². The van der Waals surface area contributed by atoms with Crippen LogP contribution >= 0.6 is 0 Å². The highest BCUT2D eigenvalue weighted by Gasteiger charge is 2.19. The van der Waals surface area contributed by atoms with Crippen molar-refractivity contribution in [3.05, 3.63) is 53.9 Å². The number of alkyl carbamates (subject to hydrolysis) is 1. The molecule has 11 nitrogen and oxygen atoms in total. The molecule has 0 spiro atoms. The fourth-order valence-electron chi connectivity index (χ4n) is 3.60. The zero-order chi connectivity index (χ0) is 26.5. The van der Waals surface area contributed by atoms with Crippen LogP contribution in [0.15, 0.2) is 36.9 Å². The van der Waals surface area contributed by atoms with Crippen LogP contribution in [0.25, 0.3) is 11.0 Å². The zero-order valence-electron chi connectivity index (χ0n) is 21.1. The number of hydrogen-bond donors (Lipinski definition) is 3. The van der Waals surface area contributed by atoms with Crippen LogP contribution in [0.4, 0.5) is 10.7 Å². The number of aryl methyl sites for hydroxylation is 2. The lowest BCUT2D eigenvalue weighted by atomic mass is 10.2. The van der Waals surface area contributed by atoms with E-state index in [-0.39, 0.29) is 5.69 Å². The number of fused-ring (bicyclic) bond motifs is 1. The number of nitrogens with zero attached hydrogens (tertiary/aromatic N) is 4. The average Bonchev–Trinajstić information content (AvgIpc) is 3.32. The number of ether oxygens (including phenoxy) is 1. The van der Waals surface area contributed by atoms with Crippen LogP contribution in [0, 0.1) is 6.92 Å². The molecule has 0 bridgehead atoms. The summed E-state index contributed by atoms with van der Waals surface area (Å²) in [4.78, 5) is 41.0. The Bertz CT molecular complexity index is 1280. The monoisotopic (exact) mass is 495 g/mol. The number of allylic oxidation sites excluding steroid dienone is 1. The molecule has 0 unspecified atom stereocenters. The van der Waals surface area contributed by atoms with E-state index < -0.39 is 23.5 Å². The number of hydrogen-bond acceptors (Lipinski definition) is 6. The Hall–Kier alpha value is -4.15. The Labute approximate surface area is 209 Å². The molecule has 0 atom stereocenters. The maximum Gasteiger partial charge on any atom is 0.407 e. The SMILES string of the molecule is C=CCn1nc(C(=O)Nc2nc3cc(C(N)=O)ccc3n2CCCCNC(=O)OC(C)(C)C)cc1C. The summed E-state index contributed by atoms with van der Waals surface area (Å²) in [6, 6.07) is 6.66. The molecule has 4 N–H and O–H groups in total. The number of amides is 3. The highest BCUT2D eigenvalue weighted by molar-refractivity contribution is 6.03. The Balaban J connectivity index is 1.76. The molecule has 3 aromatic rings. The van der Waals surface area contributed by atoms with Gasteiger partial charge in [0.15, 0.2) is 5.69 Å². The summed E-state index contributed by atoms with van der Waals surface area (Å²) < 4.78 is 8.79. The minimum Gasteiger partial charge on any atom is -0.444 e. The number of unbranched alkanes of at least 4 members (excludes halogenated alkanes) is 1. The first-order valence-corrected chi connectivity index (χ1v) is 11.7. The predicted octanol–water partition coefficient (Wildman–Crippen LogP) is 3.38. The average molecular weight is 496 g/mol. The normalized spacial score (nSPS) is 11.3. The van der Waals surface area contributed by atoms with E-state index in [9.17, 15) is 14.4 Å². The van der Waals surface area contributed by atoms with Crippen molar-refractivity contribution in [3.63, 3.8) is 0 Å². The fraction of sp³-hybridized carbons (Fsp3) is 0.400. The lowest BCUT2D eigenvalue weighted by molar-refractivity contribution is 0.0526. The first kappa shape index (κ1) is 26.5. The van der Waals surface area contributed by atoms with Crippen molar-refractivity contribution in [2.24, 2.45) is 5.73 Å². The van der Waals surface area contributed by atoms with Crippen molar-refractivity contribution in [2.75, 3.05) is 11.9 Å². The Kier molecular flexibility index (Phi) is 8.13. The van der Waals surface area contributed by atoms with Crippen LogP contribution < -0.4 is 16.4 Å². The summed E-state index contributed by atoms with van der Waals surface area (Å²) in [7, 11) is 0. The van der Waals surface area contributed by atoms with Crippen LogP contribution in [-0.2, 0) is 17.8 Å². The number of benzene rings is 1. The van der Waals surface area contributed by atoms with Gasteiger partial charge in [0.25, 0.3) is 5.91 Å². The highest BCUT2D eigenvalue weighted by atomic mass is 16.6. The molecule has 192 valence electrons. The van der Waals surface area contributed by atoms with Gasteiger partial charge in [-0.3, -0.25) is 19.6 Å². The minimum atomic E-state index is -0.562. The molecule has 0 aliphatic carbocycles. The predicted molar refractivity (Wildman–Crippen MR) is 137 cm³/mol. The largest absolute Gasteiger partial charge is 0.444 e. The number of rotatable bonds is 10. The number of carbonyl (C=O) groups excluding carboxylic acids is 3. The second-order valence-corrected chi connectivity index (χ2v) is 9.39. The highest BCUT2D eigenvalue weighted by Crippen LogP contribution is 2.22. The summed E-state index contributed by atoms with van der Waals surface area (Å²) in [5, 5.41) is 9.90. The molecule has 2 aromatic heterocycles. The molecule has 11 heteroatoms. The van der Waals surface area contributed by atoms with Crippen molar-refractivity contribution >= 4 is 34.9 Å². The molecular weight excluding hydrogens is 462 g/mol. The Morgan fingerprint density at radius 2 is 1.94 bits per heavy atom. The molecule has 0 saturated carbocycles. The molecule has 2 heterocycles. The van der Waals surface area contributed by atoms with Crippen molar-refractivity contribution in [1.82, 2.24) is 24.6 Å². The van der Waals surface area contributed by atoms with Gasteiger partial charge in [0.1, 0.15) is 5.60 Å². The molecule has 0 radical (unpaired) electrons. The molecule has 3 amide bonds. The van der Waals surface area contributed by atoms with E-state index in [0.717, 1.165) is 11.2 Å². The lowest BCUT2D eigenvalue weighted by Gasteiger charge is -2.19. The lowest BCUT2D eigenvalue weighted by Crippen LogP contribution is -2.33. The van der Waals surface area contributed by atoms with Crippen molar-refractivity contribution in [2.45, 2.75) is 59.2 Å². The third-order valence-corrected chi connectivity index (χ3v) is 5.25. The van der Waals surface area contributed by atoms with Crippen LogP contribution in [0.2, 0.25) is 0 Å². The number of primary amides is 1. The summed E-state index contributed by atoms with van der Waals surface area (Å²) in [6.07, 6.45) is 2.61. The second kappa shape index (κ2) is 11.1. The second-order valence-electron chi connectivity index (χ2n) is 9.39. The fourth-order valence-corrected chi connectivity index (χ4v) is 3.60. The maximum absolute atomic E-state index is 13.0. The third-order valence-electron chi connectivity index (χ3n) is 5.25. The third kappa shape index (κ3) is 6.71. The van der Waals surface area contributed by atoms with Crippen LogP contribution in [-0.4, -0.2) is 49.4 Å². The molecule has 0 aliphatic heterocycles. The number of imidazole rings is 1. The topological polar surface area (TPSA) is 146 Å². The van der Waals surface area contributed by atoms with E-state index >= 15 is 0 Å². The quantitative estimate of drug-likeness (QED) is 0.290. The number of anilines is 1. The standard InChI is InChI=1S/C25H33N7O4/c1-6-12-32-16(2)14-19(30-32)22(34)29-23-28-18-15-17(21(26)33)9-10-20(18)31(23)13-8-7-11-27-24(35)36-25(3,4)5/h6,9-10,14-15H,1,7-8,11-13H2,2-5H3,(H2,26,33)(H,27,35)(H,28,29,34). The van der Waals surface area contributed by atoms with Gasteiger partial charge in [-0.2, -0.15) is 5.10 Å². The number of carbonyl (C=O) groups is 3. The van der Waals surface area contributed by atoms with E-state index in [1.165, 1.54) is 0 Å². The summed E-state index contributed by atoms with van der Waals surface area (Å²) in [5.41, 5.74) is 7.54. The summed E-state index contributed by atoms with van der Waals surface area (Å²) in [6.45, 7) is 12.4. The number of nitrogens with one attached hydrogen (secondary N) is 2. The molecule has 3 rings (SSSR count). The zero-order valence-corrected chi connectivity index (χ0v) is 21.1. The van der Waals surface area contributed by atoms with Gasteiger partial charge in [-0.1, -0.05) is 6.08 Å². The van der Waals surface area contributed by atoms with Crippen molar-refractivity contribution in [3.8, 4) is 0 Å². The Morgan fingerprint density at radius 1 is 1.19 bits per heavy atom. The molecular formula is C25H33N7O4. The first-order chi connectivity index (χ1) is 17.0. The maximum atomic E-state index is 13.0. The van der Waals surface area contributed by atoms with Crippen molar-refractivity contribution < 1.29 is 19.1 Å². The molecule has 0 saturated heterocycles.